The summed E-state index contributed by atoms with van der Waals surface area (Å²) < 4.78 is 1.80. The maximum atomic E-state index is 4.59. The smallest absolute Gasteiger partial charge is 0.220 e. The first-order valence-corrected chi connectivity index (χ1v) is 6.28. The third kappa shape index (κ3) is 2.45. The summed E-state index contributed by atoms with van der Waals surface area (Å²) in [5, 5.41) is 8.27. The molecule has 0 unspecified atom stereocenters. The van der Waals surface area contributed by atoms with Gasteiger partial charge in [0, 0.05) is 17.8 Å². The molecule has 0 fully saturated rings. The summed E-state index contributed by atoms with van der Waals surface area (Å²) >= 11 is 0. The monoisotopic (exact) mass is 253 g/mol. The highest BCUT2D eigenvalue weighted by molar-refractivity contribution is 6.05. The summed E-state index contributed by atoms with van der Waals surface area (Å²) in [5.74, 6) is 1.36. The normalized spacial score (nSPS) is 14.4. The van der Waals surface area contributed by atoms with Crippen molar-refractivity contribution in [3.8, 4) is 0 Å². The van der Waals surface area contributed by atoms with Gasteiger partial charge in [0.05, 0.1) is 6.54 Å². The molecular formula is C14H15N5. The van der Waals surface area contributed by atoms with Gasteiger partial charge in [0.15, 0.2) is 5.82 Å². The quantitative estimate of drug-likeness (QED) is 0.826. The highest BCUT2D eigenvalue weighted by Crippen LogP contribution is 2.28. The third-order valence-electron chi connectivity index (χ3n) is 2.97. The first-order valence-electron chi connectivity index (χ1n) is 6.28. The number of rotatable bonds is 2. The van der Waals surface area contributed by atoms with Crippen molar-refractivity contribution in [2.45, 2.75) is 26.8 Å². The van der Waals surface area contributed by atoms with Crippen LogP contribution >= 0.6 is 0 Å². The molecule has 5 heteroatoms. The summed E-state index contributed by atoms with van der Waals surface area (Å²) in [6.07, 6.45) is 0.793. The Morgan fingerprint density at radius 1 is 1.05 bits per heavy atom. The van der Waals surface area contributed by atoms with Crippen molar-refractivity contribution < 1.29 is 0 Å². The lowest BCUT2D eigenvalue weighted by Gasteiger charge is -2.03. The predicted molar refractivity (Wildman–Crippen MR) is 75.7 cm³/mol. The lowest BCUT2D eigenvalue weighted by atomic mass is 10.2. The van der Waals surface area contributed by atoms with Crippen LogP contribution in [0.1, 0.15) is 25.8 Å². The van der Waals surface area contributed by atoms with Gasteiger partial charge >= 0.3 is 0 Å². The van der Waals surface area contributed by atoms with Gasteiger partial charge in [-0.2, -0.15) is 0 Å². The van der Waals surface area contributed by atoms with Crippen molar-refractivity contribution in [1.29, 1.82) is 0 Å². The molecule has 0 aliphatic carbocycles. The standard InChI is InChI=1S/C14H15N5/c1-10-8-11(2)16-14-13(15-10)17-18-19(14)9-12-6-4-3-5-7-12/h3-7H,8-9H2,1-2H3. The summed E-state index contributed by atoms with van der Waals surface area (Å²) in [7, 11) is 0. The molecule has 2 aromatic rings. The molecule has 1 aromatic heterocycles. The molecule has 0 spiro atoms. The van der Waals surface area contributed by atoms with Gasteiger partial charge < -0.3 is 0 Å². The van der Waals surface area contributed by atoms with E-state index in [9.17, 15) is 0 Å². The molecular weight excluding hydrogens is 238 g/mol. The Balaban J connectivity index is 2.00. The fraction of sp³-hybridized carbons (Fsp3) is 0.286. The summed E-state index contributed by atoms with van der Waals surface area (Å²) in [6, 6.07) is 10.2. The molecule has 0 bridgehead atoms. The number of nitrogens with zero attached hydrogens (tertiary/aromatic N) is 5. The average molecular weight is 253 g/mol. The molecule has 96 valence electrons. The van der Waals surface area contributed by atoms with E-state index in [0.29, 0.717) is 12.4 Å². The second-order valence-electron chi connectivity index (χ2n) is 4.75. The van der Waals surface area contributed by atoms with Crippen LogP contribution in [0.2, 0.25) is 0 Å². The van der Waals surface area contributed by atoms with E-state index in [2.05, 4.69) is 32.4 Å². The van der Waals surface area contributed by atoms with Crippen LogP contribution in [0, 0.1) is 0 Å². The van der Waals surface area contributed by atoms with Gasteiger partial charge in [-0.25, -0.2) is 14.7 Å². The molecule has 2 heterocycles. The molecule has 19 heavy (non-hydrogen) atoms. The van der Waals surface area contributed by atoms with E-state index in [1.165, 1.54) is 5.56 Å². The van der Waals surface area contributed by atoms with Crippen molar-refractivity contribution in [3.63, 3.8) is 0 Å². The molecule has 0 atom stereocenters. The van der Waals surface area contributed by atoms with E-state index in [-0.39, 0.29) is 0 Å². The lowest BCUT2D eigenvalue weighted by molar-refractivity contribution is 0.653. The van der Waals surface area contributed by atoms with E-state index in [1.807, 2.05) is 32.0 Å². The van der Waals surface area contributed by atoms with Gasteiger partial charge in [-0.3, -0.25) is 0 Å². The van der Waals surface area contributed by atoms with Gasteiger partial charge in [0.2, 0.25) is 5.82 Å². The van der Waals surface area contributed by atoms with Crippen molar-refractivity contribution in [3.05, 3.63) is 35.9 Å². The third-order valence-corrected chi connectivity index (χ3v) is 2.97. The zero-order valence-corrected chi connectivity index (χ0v) is 11.0. The van der Waals surface area contributed by atoms with Gasteiger partial charge in [0.1, 0.15) is 0 Å². The van der Waals surface area contributed by atoms with E-state index < -0.39 is 0 Å². The highest BCUT2D eigenvalue weighted by Gasteiger charge is 2.15. The van der Waals surface area contributed by atoms with Gasteiger partial charge in [-0.1, -0.05) is 35.5 Å². The molecule has 5 nitrogen and oxygen atoms in total. The topological polar surface area (TPSA) is 55.4 Å². The fourth-order valence-corrected chi connectivity index (χ4v) is 2.15. The molecule has 1 aliphatic heterocycles. The Bertz CT molecular complexity index is 652. The van der Waals surface area contributed by atoms with Crippen LogP contribution in [-0.4, -0.2) is 26.4 Å². The molecule has 0 amide bonds. The van der Waals surface area contributed by atoms with Crippen LogP contribution in [0.3, 0.4) is 0 Å². The van der Waals surface area contributed by atoms with Crippen LogP contribution in [-0.2, 0) is 6.54 Å². The minimum atomic E-state index is 0.616. The van der Waals surface area contributed by atoms with Crippen LogP contribution in [0.15, 0.2) is 40.3 Å². The highest BCUT2D eigenvalue weighted by atomic mass is 15.5. The maximum Gasteiger partial charge on any atom is 0.220 e. The Morgan fingerprint density at radius 3 is 2.58 bits per heavy atom. The zero-order chi connectivity index (χ0) is 13.2. The van der Waals surface area contributed by atoms with Crippen molar-refractivity contribution in [2.24, 2.45) is 9.98 Å². The van der Waals surface area contributed by atoms with E-state index in [0.717, 1.165) is 23.7 Å². The molecule has 0 saturated carbocycles. The Kier molecular flexibility index (Phi) is 2.95. The minimum Gasteiger partial charge on any atom is -0.235 e. The van der Waals surface area contributed by atoms with Crippen molar-refractivity contribution >= 4 is 23.1 Å². The van der Waals surface area contributed by atoms with E-state index in [4.69, 9.17) is 0 Å². The molecule has 1 aromatic carbocycles. The number of hydrogen-bond donors (Lipinski definition) is 0. The second kappa shape index (κ2) is 4.76. The molecule has 1 aliphatic rings. The second-order valence-corrected chi connectivity index (χ2v) is 4.75. The van der Waals surface area contributed by atoms with E-state index >= 15 is 0 Å². The predicted octanol–water partition coefficient (Wildman–Crippen LogP) is 2.91. The number of aliphatic imine (C=N–C) groups is 2. The zero-order valence-electron chi connectivity index (χ0n) is 11.0. The molecule has 0 radical (unpaired) electrons. The number of aromatic nitrogens is 3. The number of fused-ring (bicyclic) bond motifs is 1. The first kappa shape index (κ1) is 11.8. The Hall–Kier alpha value is -2.30. The van der Waals surface area contributed by atoms with E-state index in [1.54, 1.807) is 4.68 Å². The summed E-state index contributed by atoms with van der Waals surface area (Å²) in [5.41, 5.74) is 3.23. The minimum absolute atomic E-state index is 0.616. The Labute approximate surface area is 111 Å². The van der Waals surface area contributed by atoms with Gasteiger partial charge in [0.25, 0.3) is 0 Å². The van der Waals surface area contributed by atoms with Crippen LogP contribution in [0.25, 0.3) is 0 Å². The molecule has 3 rings (SSSR count). The number of benzene rings is 1. The van der Waals surface area contributed by atoms with Crippen LogP contribution < -0.4 is 0 Å². The molecule has 0 saturated heterocycles. The van der Waals surface area contributed by atoms with Crippen LogP contribution in [0.5, 0.6) is 0 Å². The molecule has 0 N–H and O–H groups in total. The summed E-state index contributed by atoms with van der Waals surface area (Å²) in [6.45, 7) is 4.66. The van der Waals surface area contributed by atoms with Crippen molar-refractivity contribution in [1.82, 2.24) is 15.0 Å². The fourth-order valence-electron chi connectivity index (χ4n) is 2.15. The largest absolute Gasteiger partial charge is 0.235 e. The Morgan fingerprint density at radius 2 is 1.79 bits per heavy atom. The number of hydrogen-bond acceptors (Lipinski definition) is 4. The lowest BCUT2D eigenvalue weighted by Crippen LogP contribution is -2.03. The van der Waals surface area contributed by atoms with Gasteiger partial charge in [-0.05, 0) is 19.4 Å². The SMILES string of the molecule is CC1=Nc2nnn(Cc3ccccc3)c2N=C(C)C1. The van der Waals surface area contributed by atoms with Crippen molar-refractivity contribution in [2.75, 3.05) is 0 Å². The average Bonchev–Trinajstić information content (AvgIpc) is 2.67. The summed E-state index contributed by atoms with van der Waals surface area (Å²) in [4.78, 5) is 9.05. The van der Waals surface area contributed by atoms with Gasteiger partial charge in [-0.15, -0.1) is 5.10 Å². The maximum absolute atomic E-state index is 4.59. The first-order chi connectivity index (χ1) is 9.22. The van der Waals surface area contributed by atoms with Crippen LogP contribution in [0.4, 0.5) is 11.6 Å².